The van der Waals surface area contributed by atoms with Crippen LogP contribution >= 0.6 is 12.2 Å². The van der Waals surface area contributed by atoms with Crippen LogP contribution in [-0.2, 0) is 47.6 Å². The SMILES string of the molecule is CCOC(=O)c1ccc(NC(=S)N[C@H]2O[C@@H](COC(C)=O)[C@@H](OC(C)=O)[C@@H](OC(C)=O)[C@H]2OC(C)=O)cc1. The molecule has 0 saturated carbocycles. The van der Waals surface area contributed by atoms with Crippen LogP contribution in [0.2, 0.25) is 0 Å². The number of hydrogen-bond donors (Lipinski definition) is 2. The molecule has 13 nitrogen and oxygen atoms in total. The Labute approximate surface area is 224 Å². The van der Waals surface area contributed by atoms with Gasteiger partial charge in [-0.2, -0.15) is 0 Å². The molecule has 1 saturated heterocycles. The molecule has 2 N–H and O–H groups in total. The summed E-state index contributed by atoms with van der Waals surface area (Å²) in [6, 6.07) is 6.26. The van der Waals surface area contributed by atoms with E-state index in [4.69, 9.17) is 40.6 Å². The number of esters is 5. The van der Waals surface area contributed by atoms with E-state index in [9.17, 15) is 24.0 Å². The molecule has 0 bridgehead atoms. The minimum Gasteiger partial charge on any atom is -0.463 e. The van der Waals surface area contributed by atoms with Crippen LogP contribution in [0, 0.1) is 0 Å². The Hall–Kier alpha value is -3.78. The molecular weight excluding hydrogens is 524 g/mol. The third kappa shape index (κ3) is 9.27. The van der Waals surface area contributed by atoms with Crippen molar-refractivity contribution >= 4 is 52.9 Å². The van der Waals surface area contributed by atoms with Crippen molar-refractivity contribution in [3.8, 4) is 0 Å². The summed E-state index contributed by atoms with van der Waals surface area (Å²) in [5.74, 6) is -3.33. The standard InChI is InChI=1S/C24H30N2O11S/c1-6-32-23(31)16-7-9-17(10-8-16)25-24(38)26-22-21(36-15(5)30)20(35-14(4)29)19(34-13(3)28)18(37-22)11-33-12(2)27/h7-10,18-22H,6,11H2,1-5H3,(H2,25,26,38)/t18-,19+,20+,21+,22-/m0/s1. The summed E-state index contributed by atoms with van der Waals surface area (Å²) in [5, 5.41) is 5.74. The van der Waals surface area contributed by atoms with Crippen molar-refractivity contribution in [2.24, 2.45) is 0 Å². The minimum absolute atomic E-state index is 0.00906. The summed E-state index contributed by atoms with van der Waals surface area (Å²) in [5.41, 5.74) is 0.844. The predicted octanol–water partition coefficient (Wildman–Crippen LogP) is 1.23. The fourth-order valence-corrected chi connectivity index (χ4v) is 3.78. The minimum atomic E-state index is -1.33. The third-order valence-corrected chi connectivity index (χ3v) is 5.14. The normalized spacial score (nSPS) is 22.3. The van der Waals surface area contributed by atoms with E-state index in [2.05, 4.69) is 10.6 Å². The molecule has 1 aromatic rings. The number of nitrogens with one attached hydrogen (secondary N) is 2. The number of hydrogen-bond acceptors (Lipinski definition) is 12. The zero-order valence-electron chi connectivity index (χ0n) is 21.5. The molecule has 1 aromatic carbocycles. The zero-order chi connectivity index (χ0) is 28.4. The Kier molecular flexibility index (Phi) is 11.4. The van der Waals surface area contributed by atoms with Gasteiger partial charge in [0.1, 0.15) is 12.7 Å². The predicted molar refractivity (Wildman–Crippen MR) is 134 cm³/mol. The van der Waals surface area contributed by atoms with Gasteiger partial charge in [0.05, 0.1) is 12.2 Å². The summed E-state index contributed by atoms with van der Waals surface area (Å²) >= 11 is 5.37. The quantitative estimate of drug-likeness (QED) is 0.254. The molecule has 0 radical (unpaired) electrons. The van der Waals surface area contributed by atoms with E-state index in [0.717, 1.165) is 20.8 Å². The third-order valence-electron chi connectivity index (χ3n) is 4.92. The number of carbonyl (C=O) groups excluding carboxylic acids is 5. The molecule has 1 heterocycles. The van der Waals surface area contributed by atoms with Gasteiger partial charge in [-0.25, -0.2) is 4.79 Å². The summed E-state index contributed by atoms with van der Waals surface area (Å²) in [6.45, 7) is 6.14. The van der Waals surface area contributed by atoms with Crippen LogP contribution in [-0.4, -0.2) is 78.8 Å². The largest absolute Gasteiger partial charge is 0.463 e. The Balaban J connectivity index is 2.30. The van der Waals surface area contributed by atoms with E-state index in [1.807, 2.05) is 0 Å². The molecule has 0 aliphatic carbocycles. The van der Waals surface area contributed by atoms with E-state index in [0.29, 0.717) is 11.3 Å². The molecule has 1 aliphatic rings. The highest BCUT2D eigenvalue weighted by Gasteiger charge is 2.52. The highest BCUT2D eigenvalue weighted by Crippen LogP contribution is 2.28. The van der Waals surface area contributed by atoms with Crippen LogP contribution in [0.1, 0.15) is 45.0 Å². The maximum absolute atomic E-state index is 11.9. The smallest absolute Gasteiger partial charge is 0.338 e. The summed E-state index contributed by atoms with van der Waals surface area (Å²) in [6.07, 6.45) is -6.29. The van der Waals surface area contributed by atoms with Crippen molar-refractivity contribution in [3.05, 3.63) is 29.8 Å². The number of ether oxygens (including phenoxy) is 6. The van der Waals surface area contributed by atoms with Crippen molar-refractivity contribution in [1.82, 2.24) is 5.32 Å². The maximum Gasteiger partial charge on any atom is 0.338 e. The highest BCUT2D eigenvalue weighted by atomic mass is 32.1. The average molecular weight is 555 g/mol. The van der Waals surface area contributed by atoms with Gasteiger partial charge in [0.25, 0.3) is 0 Å². The molecule has 0 aromatic heterocycles. The second-order valence-electron chi connectivity index (χ2n) is 8.02. The first-order valence-corrected chi connectivity index (χ1v) is 12.0. The van der Waals surface area contributed by atoms with Crippen molar-refractivity contribution in [3.63, 3.8) is 0 Å². The molecule has 2 rings (SSSR count). The summed E-state index contributed by atoms with van der Waals surface area (Å²) < 4.78 is 32.0. The lowest BCUT2D eigenvalue weighted by Crippen LogP contribution is -2.66. The Morgan fingerprint density at radius 2 is 1.37 bits per heavy atom. The first-order valence-electron chi connectivity index (χ1n) is 11.6. The number of rotatable bonds is 9. The lowest BCUT2D eigenvalue weighted by Gasteiger charge is -2.44. The van der Waals surface area contributed by atoms with Crippen molar-refractivity contribution in [2.75, 3.05) is 18.5 Å². The first-order chi connectivity index (χ1) is 17.9. The lowest BCUT2D eigenvalue weighted by molar-refractivity contribution is -0.254. The summed E-state index contributed by atoms with van der Waals surface area (Å²) in [4.78, 5) is 58.9. The molecule has 38 heavy (non-hydrogen) atoms. The fraction of sp³-hybridized carbons (Fsp3) is 0.500. The molecule has 5 atom stereocenters. The van der Waals surface area contributed by atoms with Crippen molar-refractivity contribution in [1.29, 1.82) is 0 Å². The van der Waals surface area contributed by atoms with Gasteiger partial charge >= 0.3 is 29.8 Å². The van der Waals surface area contributed by atoms with E-state index < -0.39 is 60.5 Å². The molecule has 14 heteroatoms. The second-order valence-corrected chi connectivity index (χ2v) is 8.42. The lowest BCUT2D eigenvalue weighted by atomic mass is 9.97. The highest BCUT2D eigenvalue weighted by molar-refractivity contribution is 7.80. The van der Waals surface area contributed by atoms with Crippen LogP contribution in [0.5, 0.6) is 0 Å². The van der Waals surface area contributed by atoms with E-state index >= 15 is 0 Å². The molecule has 0 spiro atoms. The Morgan fingerprint density at radius 3 is 1.89 bits per heavy atom. The molecular formula is C24H30N2O11S. The second kappa shape index (κ2) is 14.2. The first kappa shape index (κ1) is 30.4. The van der Waals surface area contributed by atoms with Crippen LogP contribution in [0.4, 0.5) is 5.69 Å². The zero-order valence-corrected chi connectivity index (χ0v) is 22.3. The van der Waals surface area contributed by atoms with Gasteiger partial charge in [0, 0.05) is 33.4 Å². The Morgan fingerprint density at radius 1 is 0.816 bits per heavy atom. The molecule has 208 valence electrons. The van der Waals surface area contributed by atoms with Gasteiger partial charge in [-0.1, -0.05) is 0 Å². The topological polar surface area (TPSA) is 165 Å². The number of benzene rings is 1. The van der Waals surface area contributed by atoms with Gasteiger partial charge < -0.3 is 39.1 Å². The van der Waals surface area contributed by atoms with Crippen molar-refractivity contribution in [2.45, 2.75) is 65.3 Å². The van der Waals surface area contributed by atoms with E-state index in [-0.39, 0.29) is 18.3 Å². The van der Waals surface area contributed by atoms with Crippen LogP contribution in [0.3, 0.4) is 0 Å². The van der Waals surface area contributed by atoms with Gasteiger partial charge in [-0.05, 0) is 43.4 Å². The van der Waals surface area contributed by atoms with Crippen molar-refractivity contribution < 1.29 is 52.4 Å². The molecule has 0 unspecified atom stereocenters. The van der Waals surface area contributed by atoms with Crippen LogP contribution in [0.25, 0.3) is 0 Å². The van der Waals surface area contributed by atoms with Gasteiger partial charge in [0.2, 0.25) is 0 Å². The molecule has 1 fully saturated rings. The van der Waals surface area contributed by atoms with Gasteiger partial charge in [-0.3, -0.25) is 19.2 Å². The average Bonchev–Trinajstić information content (AvgIpc) is 2.81. The maximum atomic E-state index is 11.9. The van der Waals surface area contributed by atoms with E-state index in [1.54, 1.807) is 19.1 Å². The van der Waals surface area contributed by atoms with Crippen LogP contribution in [0.15, 0.2) is 24.3 Å². The van der Waals surface area contributed by atoms with Gasteiger partial charge in [0.15, 0.2) is 29.7 Å². The van der Waals surface area contributed by atoms with Gasteiger partial charge in [-0.15, -0.1) is 0 Å². The van der Waals surface area contributed by atoms with E-state index in [1.165, 1.54) is 19.1 Å². The number of carbonyl (C=O) groups is 5. The summed E-state index contributed by atoms with van der Waals surface area (Å²) in [7, 11) is 0. The Bertz CT molecular complexity index is 1050. The molecule has 0 amide bonds. The number of thiocarbonyl (C=S) groups is 1. The number of anilines is 1. The molecule has 1 aliphatic heterocycles. The monoisotopic (exact) mass is 554 g/mol. The van der Waals surface area contributed by atoms with Crippen LogP contribution < -0.4 is 10.6 Å². The fourth-order valence-electron chi connectivity index (χ4n) is 3.55.